The Morgan fingerprint density at radius 1 is 1.37 bits per heavy atom. The third kappa shape index (κ3) is 3.39. The molecule has 1 heterocycles. The van der Waals surface area contributed by atoms with Gasteiger partial charge in [0, 0.05) is 23.1 Å². The molecule has 0 aliphatic carbocycles. The number of carbonyl (C=O) groups excluding carboxylic acids is 2. The van der Waals surface area contributed by atoms with Gasteiger partial charge in [0.05, 0.1) is 12.3 Å². The van der Waals surface area contributed by atoms with Gasteiger partial charge in [-0.1, -0.05) is 29.3 Å². The van der Waals surface area contributed by atoms with Crippen LogP contribution in [0, 0.1) is 5.92 Å². The van der Waals surface area contributed by atoms with Crippen molar-refractivity contribution in [2.75, 3.05) is 13.1 Å². The predicted molar refractivity (Wildman–Crippen MR) is 74.0 cm³/mol. The van der Waals surface area contributed by atoms with E-state index in [1.807, 2.05) is 0 Å². The number of halogens is 2. The molecule has 0 aromatic heterocycles. The second-order valence-corrected chi connectivity index (χ2v) is 5.48. The lowest BCUT2D eigenvalue weighted by Gasteiger charge is -2.16. The molecule has 102 valence electrons. The monoisotopic (exact) mass is 300 g/mol. The van der Waals surface area contributed by atoms with E-state index in [1.165, 1.54) is 0 Å². The quantitative estimate of drug-likeness (QED) is 0.926. The second kappa shape index (κ2) is 5.80. The Labute approximate surface area is 121 Å². The first kappa shape index (κ1) is 14.2. The minimum atomic E-state index is -0.347. The molecule has 2 N–H and O–H groups in total. The van der Waals surface area contributed by atoms with Gasteiger partial charge in [0.1, 0.15) is 0 Å². The first-order valence-electron chi connectivity index (χ1n) is 5.98. The van der Waals surface area contributed by atoms with Crippen molar-refractivity contribution in [2.45, 2.75) is 12.8 Å². The average Bonchev–Trinajstić information content (AvgIpc) is 2.82. The number of nitrogens with two attached hydrogens (primary N) is 1. The molecule has 1 aliphatic rings. The van der Waals surface area contributed by atoms with Gasteiger partial charge in [-0.25, -0.2) is 0 Å². The van der Waals surface area contributed by atoms with Crippen LogP contribution >= 0.6 is 23.2 Å². The average molecular weight is 301 g/mol. The van der Waals surface area contributed by atoms with Crippen LogP contribution in [-0.4, -0.2) is 29.8 Å². The van der Waals surface area contributed by atoms with Crippen molar-refractivity contribution >= 4 is 35.0 Å². The number of likely N-dealkylation sites (tertiary alicyclic amines) is 1. The summed E-state index contributed by atoms with van der Waals surface area (Å²) in [5.41, 5.74) is 5.98. The lowest BCUT2D eigenvalue weighted by molar-refractivity contribution is -0.129. The van der Waals surface area contributed by atoms with E-state index >= 15 is 0 Å². The summed E-state index contributed by atoms with van der Waals surface area (Å²) in [6.45, 7) is 0.969. The lowest BCUT2D eigenvalue weighted by Crippen LogP contribution is -2.32. The van der Waals surface area contributed by atoms with Crippen LogP contribution in [-0.2, 0) is 16.0 Å². The Kier molecular flexibility index (Phi) is 4.32. The summed E-state index contributed by atoms with van der Waals surface area (Å²) >= 11 is 11.8. The zero-order valence-corrected chi connectivity index (χ0v) is 11.7. The van der Waals surface area contributed by atoms with Gasteiger partial charge in [0.2, 0.25) is 11.8 Å². The molecule has 1 saturated heterocycles. The standard InChI is InChI=1S/C13H14Cl2N2O2/c14-10-2-1-8(11(15)6-10)5-12(18)17-4-3-9(7-17)13(16)19/h1-2,6,9H,3-5,7H2,(H2,16,19). The van der Waals surface area contributed by atoms with Crippen LogP contribution in [0.3, 0.4) is 0 Å². The highest BCUT2D eigenvalue weighted by Crippen LogP contribution is 2.23. The molecule has 19 heavy (non-hydrogen) atoms. The fourth-order valence-corrected chi connectivity index (χ4v) is 2.63. The summed E-state index contributed by atoms with van der Waals surface area (Å²) in [6, 6.07) is 5.05. The largest absolute Gasteiger partial charge is 0.369 e. The van der Waals surface area contributed by atoms with Crippen LogP contribution in [0.2, 0.25) is 10.0 Å². The van der Waals surface area contributed by atoms with Crippen molar-refractivity contribution in [3.05, 3.63) is 33.8 Å². The van der Waals surface area contributed by atoms with Crippen LogP contribution in [0.5, 0.6) is 0 Å². The molecule has 0 radical (unpaired) electrons. The molecule has 4 nitrogen and oxygen atoms in total. The highest BCUT2D eigenvalue weighted by molar-refractivity contribution is 6.35. The molecule has 1 unspecified atom stereocenters. The van der Waals surface area contributed by atoms with Crippen LogP contribution in [0.1, 0.15) is 12.0 Å². The normalized spacial score (nSPS) is 18.6. The number of nitrogens with zero attached hydrogens (tertiary/aromatic N) is 1. The molecular formula is C13H14Cl2N2O2. The molecule has 0 spiro atoms. The van der Waals surface area contributed by atoms with Crippen molar-refractivity contribution < 1.29 is 9.59 Å². The summed E-state index contributed by atoms with van der Waals surface area (Å²) < 4.78 is 0. The number of rotatable bonds is 3. The highest BCUT2D eigenvalue weighted by Gasteiger charge is 2.29. The number of benzene rings is 1. The van der Waals surface area contributed by atoms with E-state index in [0.29, 0.717) is 29.6 Å². The van der Waals surface area contributed by atoms with E-state index < -0.39 is 0 Å². The van der Waals surface area contributed by atoms with Gasteiger partial charge in [0.15, 0.2) is 0 Å². The zero-order valence-electron chi connectivity index (χ0n) is 10.2. The predicted octanol–water partition coefficient (Wildman–Crippen LogP) is 1.87. The summed E-state index contributed by atoms with van der Waals surface area (Å²) in [5, 5.41) is 1.02. The van der Waals surface area contributed by atoms with Gasteiger partial charge in [-0.15, -0.1) is 0 Å². The van der Waals surface area contributed by atoms with Gasteiger partial charge >= 0.3 is 0 Å². The number of carbonyl (C=O) groups is 2. The van der Waals surface area contributed by atoms with Crippen molar-refractivity contribution in [3.8, 4) is 0 Å². The number of hydrogen-bond donors (Lipinski definition) is 1. The molecule has 0 saturated carbocycles. The lowest BCUT2D eigenvalue weighted by atomic mass is 10.1. The van der Waals surface area contributed by atoms with E-state index in [-0.39, 0.29) is 24.2 Å². The molecule has 0 bridgehead atoms. The third-order valence-corrected chi connectivity index (χ3v) is 3.89. The van der Waals surface area contributed by atoms with Gasteiger partial charge in [-0.2, -0.15) is 0 Å². The number of hydrogen-bond acceptors (Lipinski definition) is 2. The van der Waals surface area contributed by atoms with Gasteiger partial charge in [-0.05, 0) is 24.1 Å². The first-order valence-corrected chi connectivity index (χ1v) is 6.74. The van der Waals surface area contributed by atoms with Crippen molar-refractivity contribution in [1.29, 1.82) is 0 Å². The van der Waals surface area contributed by atoms with E-state index in [4.69, 9.17) is 28.9 Å². The van der Waals surface area contributed by atoms with E-state index in [2.05, 4.69) is 0 Å². The van der Waals surface area contributed by atoms with Crippen molar-refractivity contribution in [3.63, 3.8) is 0 Å². The molecule has 1 aliphatic heterocycles. The van der Waals surface area contributed by atoms with Crippen molar-refractivity contribution in [1.82, 2.24) is 4.90 Å². The zero-order chi connectivity index (χ0) is 14.0. The Hall–Kier alpha value is -1.26. The minimum absolute atomic E-state index is 0.0482. The topological polar surface area (TPSA) is 63.4 Å². The first-order chi connectivity index (χ1) is 8.97. The smallest absolute Gasteiger partial charge is 0.227 e. The maximum atomic E-state index is 12.1. The highest BCUT2D eigenvalue weighted by atomic mass is 35.5. The van der Waals surface area contributed by atoms with E-state index in [1.54, 1.807) is 23.1 Å². The van der Waals surface area contributed by atoms with Crippen LogP contribution in [0.25, 0.3) is 0 Å². The fraction of sp³-hybridized carbons (Fsp3) is 0.385. The fourth-order valence-electron chi connectivity index (χ4n) is 2.16. The summed E-state index contributed by atoms with van der Waals surface area (Å²) in [7, 11) is 0. The van der Waals surface area contributed by atoms with Crippen LogP contribution in [0.15, 0.2) is 18.2 Å². The molecule has 1 aromatic carbocycles. The number of primary amides is 1. The van der Waals surface area contributed by atoms with Crippen molar-refractivity contribution in [2.24, 2.45) is 11.7 Å². The van der Waals surface area contributed by atoms with Gasteiger partial charge < -0.3 is 10.6 Å². The summed E-state index contributed by atoms with van der Waals surface area (Å²) in [4.78, 5) is 24.8. The maximum Gasteiger partial charge on any atom is 0.227 e. The Morgan fingerprint density at radius 2 is 2.11 bits per heavy atom. The summed E-state index contributed by atoms with van der Waals surface area (Å²) in [6.07, 6.45) is 0.844. The molecule has 1 aromatic rings. The molecule has 1 atom stereocenters. The molecule has 2 amide bonds. The molecule has 6 heteroatoms. The third-order valence-electron chi connectivity index (χ3n) is 3.30. The van der Waals surface area contributed by atoms with Crippen LogP contribution < -0.4 is 5.73 Å². The van der Waals surface area contributed by atoms with Crippen LogP contribution in [0.4, 0.5) is 0 Å². The maximum absolute atomic E-state index is 12.1. The Balaban J connectivity index is 2.00. The molecule has 1 fully saturated rings. The Morgan fingerprint density at radius 3 is 2.68 bits per heavy atom. The second-order valence-electron chi connectivity index (χ2n) is 4.64. The van der Waals surface area contributed by atoms with Gasteiger partial charge in [-0.3, -0.25) is 9.59 Å². The SMILES string of the molecule is NC(=O)C1CCN(C(=O)Cc2ccc(Cl)cc2Cl)C1. The van der Waals surface area contributed by atoms with Gasteiger partial charge in [0.25, 0.3) is 0 Å². The summed E-state index contributed by atoms with van der Waals surface area (Å²) in [5.74, 6) is -0.627. The van der Waals surface area contributed by atoms with E-state index in [0.717, 1.165) is 5.56 Å². The molecular weight excluding hydrogens is 287 g/mol. The number of amides is 2. The van der Waals surface area contributed by atoms with E-state index in [9.17, 15) is 9.59 Å². The molecule has 2 rings (SSSR count). The Bertz CT molecular complexity index is 519. The minimum Gasteiger partial charge on any atom is -0.369 e.